The van der Waals surface area contributed by atoms with E-state index in [0.29, 0.717) is 0 Å². The maximum absolute atomic E-state index is 10.5. The van der Waals surface area contributed by atoms with Gasteiger partial charge in [-0.05, 0) is 58.7 Å². The smallest absolute Gasteiger partial charge is 0.0793 e. The van der Waals surface area contributed by atoms with Crippen LogP contribution in [0, 0.1) is 5.92 Å². The van der Waals surface area contributed by atoms with Gasteiger partial charge in [0.05, 0.1) is 18.3 Å². The topological polar surface area (TPSA) is 39.2 Å². The summed E-state index contributed by atoms with van der Waals surface area (Å²) in [5, 5.41) is 10.5. The predicted molar refractivity (Wildman–Crippen MR) is 97.3 cm³/mol. The Morgan fingerprint density at radius 2 is 1.54 bits per heavy atom. The molecular weight excluding hydrogens is 302 g/mol. The second-order valence-electron chi connectivity index (χ2n) is 8.41. The molecule has 5 heteroatoms. The lowest BCUT2D eigenvalue weighted by Gasteiger charge is -2.36. The summed E-state index contributed by atoms with van der Waals surface area (Å²) in [5.74, 6) is 0.804. The van der Waals surface area contributed by atoms with E-state index in [1.54, 1.807) is 0 Å². The molecule has 24 heavy (non-hydrogen) atoms. The van der Waals surface area contributed by atoms with Crippen LogP contribution in [0.25, 0.3) is 0 Å². The van der Waals surface area contributed by atoms with E-state index >= 15 is 0 Å². The molecule has 3 aliphatic rings. The summed E-state index contributed by atoms with van der Waals surface area (Å²) in [6.07, 6.45) is 5.80. The van der Waals surface area contributed by atoms with Crippen molar-refractivity contribution in [3.8, 4) is 0 Å². The molecule has 0 aromatic heterocycles. The Balaban J connectivity index is 1.35. The molecule has 3 fully saturated rings. The van der Waals surface area contributed by atoms with Crippen molar-refractivity contribution in [1.82, 2.24) is 14.7 Å². The van der Waals surface area contributed by atoms with Crippen molar-refractivity contribution in [2.75, 3.05) is 58.9 Å². The van der Waals surface area contributed by atoms with Crippen LogP contribution in [0.1, 0.15) is 39.5 Å². The minimum Gasteiger partial charge on any atom is -0.390 e. The summed E-state index contributed by atoms with van der Waals surface area (Å²) in [6.45, 7) is 13.9. The summed E-state index contributed by atoms with van der Waals surface area (Å²) in [7, 11) is 0. The largest absolute Gasteiger partial charge is 0.390 e. The first-order valence-corrected chi connectivity index (χ1v) is 10.1. The highest BCUT2D eigenvalue weighted by molar-refractivity contribution is 4.82. The molecule has 0 aliphatic carbocycles. The summed E-state index contributed by atoms with van der Waals surface area (Å²) in [6, 6.07) is 0. The molecule has 3 aliphatic heterocycles. The van der Waals surface area contributed by atoms with Crippen molar-refractivity contribution >= 4 is 0 Å². The Labute approximate surface area is 147 Å². The third-order valence-electron chi connectivity index (χ3n) is 5.77. The molecule has 3 saturated heterocycles. The normalized spacial score (nSPS) is 35.4. The van der Waals surface area contributed by atoms with E-state index in [2.05, 4.69) is 28.5 Å². The van der Waals surface area contributed by atoms with Crippen LogP contribution in [0.15, 0.2) is 0 Å². The highest BCUT2D eigenvalue weighted by Gasteiger charge is 2.28. The summed E-state index contributed by atoms with van der Waals surface area (Å²) in [4.78, 5) is 7.50. The van der Waals surface area contributed by atoms with E-state index in [1.165, 1.54) is 51.9 Å². The maximum atomic E-state index is 10.5. The SMILES string of the molecule is CC1CN(CC(O)CN2CCC(CN3CCCCC3)C2)CC(C)O1. The number of rotatable bonds is 6. The van der Waals surface area contributed by atoms with Gasteiger partial charge in [-0.1, -0.05) is 6.42 Å². The monoisotopic (exact) mass is 339 g/mol. The number of hydrogen-bond acceptors (Lipinski definition) is 5. The van der Waals surface area contributed by atoms with E-state index < -0.39 is 0 Å². The Hall–Kier alpha value is -0.200. The number of hydrogen-bond donors (Lipinski definition) is 1. The third kappa shape index (κ3) is 5.67. The fraction of sp³-hybridized carbons (Fsp3) is 1.00. The van der Waals surface area contributed by atoms with Crippen LogP contribution in [0.3, 0.4) is 0 Å². The zero-order chi connectivity index (χ0) is 16.9. The Morgan fingerprint density at radius 3 is 2.25 bits per heavy atom. The van der Waals surface area contributed by atoms with Crippen molar-refractivity contribution in [3.63, 3.8) is 0 Å². The van der Waals surface area contributed by atoms with Crippen LogP contribution >= 0.6 is 0 Å². The lowest BCUT2D eigenvalue weighted by molar-refractivity contribution is -0.0777. The number of aliphatic hydroxyl groups is 1. The standard InChI is InChI=1S/C19H37N3O2/c1-16-10-22(11-17(2)24-16)15-19(23)14-21-9-6-18(13-21)12-20-7-4-3-5-8-20/h16-19,23H,3-15H2,1-2H3. The number of morpholine rings is 1. The molecule has 0 radical (unpaired) electrons. The lowest BCUT2D eigenvalue weighted by atomic mass is 10.1. The Kier molecular flexibility index (Phi) is 6.93. The highest BCUT2D eigenvalue weighted by Crippen LogP contribution is 2.20. The first-order valence-electron chi connectivity index (χ1n) is 10.1. The van der Waals surface area contributed by atoms with E-state index in [1.807, 2.05) is 0 Å². The average Bonchev–Trinajstić information content (AvgIpc) is 2.94. The maximum Gasteiger partial charge on any atom is 0.0793 e. The molecule has 3 rings (SSSR count). The highest BCUT2D eigenvalue weighted by atomic mass is 16.5. The van der Waals surface area contributed by atoms with Crippen molar-refractivity contribution in [2.24, 2.45) is 5.92 Å². The zero-order valence-corrected chi connectivity index (χ0v) is 15.7. The zero-order valence-electron chi connectivity index (χ0n) is 15.7. The lowest BCUT2D eigenvalue weighted by Crippen LogP contribution is -2.49. The van der Waals surface area contributed by atoms with Gasteiger partial charge in [0.1, 0.15) is 0 Å². The van der Waals surface area contributed by atoms with E-state index in [9.17, 15) is 5.11 Å². The summed E-state index contributed by atoms with van der Waals surface area (Å²) < 4.78 is 5.78. The molecule has 3 heterocycles. The van der Waals surface area contributed by atoms with Crippen LogP contribution < -0.4 is 0 Å². The molecular formula is C19H37N3O2. The minimum atomic E-state index is -0.240. The summed E-state index contributed by atoms with van der Waals surface area (Å²) in [5.41, 5.74) is 0. The number of likely N-dealkylation sites (tertiary alicyclic amines) is 2. The number of aliphatic hydroxyl groups excluding tert-OH is 1. The molecule has 0 amide bonds. The van der Waals surface area contributed by atoms with Crippen LogP contribution in [-0.2, 0) is 4.74 Å². The Bertz CT molecular complexity index is 366. The van der Waals surface area contributed by atoms with Gasteiger partial charge in [-0.25, -0.2) is 0 Å². The summed E-state index contributed by atoms with van der Waals surface area (Å²) >= 11 is 0. The van der Waals surface area contributed by atoms with Gasteiger partial charge in [0.25, 0.3) is 0 Å². The van der Waals surface area contributed by atoms with Crippen LogP contribution in [0.4, 0.5) is 0 Å². The van der Waals surface area contributed by atoms with Gasteiger partial charge >= 0.3 is 0 Å². The van der Waals surface area contributed by atoms with Gasteiger partial charge in [0, 0.05) is 39.3 Å². The van der Waals surface area contributed by atoms with E-state index in [4.69, 9.17) is 4.74 Å². The van der Waals surface area contributed by atoms with Crippen molar-refractivity contribution in [2.45, 2.75) is 57.8 Å². The third-order valence-corrected chi connectivity index (χ3v) is 5.77. The molecule has 140 valence electrons. The molecule has 4 atom stereocenters. The molecule has 0 saturated carbocycles. The second kappa shape index (κ2) is 8.95. The fourth-order valence-corrected chi connectivity index (χ4v) is 4.82. The van der Waals surface area contributed by atoms with E-state index in [0.717, 1.165) is 38.6 Å². The van der Waals surface area contributed by atoms with Crippen LogP contribution in [-0.4, -0.2) is 97.0 Å². The van der Waals surface area contributed by atoms with Gasteiger partial charge in [-0.3, -0.25) is 4.90 Å². The van der Waals surface area contributed by atoms with Gasteiger partial charge in [0.15, 0.2) is 0 Å². The number of ether oxygens (including phenoxy) is 1. The van der Waals surface area contributed by atoms with Gasteiger partial charge in [-0.15, -0.1) is 0 Å². The van der Waals surface area contributed by atoms with Gasteiger partial charge < -0.3 is 19.6 Å². The van der Waals surface area contributed by atoms with Crippen molar-refractivity contribution < 1.29 is 9.84 Å². The van der Waals surface area contributed by atoms with Crippen molar-refractivity contribution in [3.05, 3.63) is 0 Å². The van der Waals surface area contributed by atoms with E-state index in [-0.39, 0.29) is 18.3 Å². The van der Waals surface area contributed by atoms with Gasteiger partial charge in [-0.2, -0.15) is 0 Å². The fourth-order valence-electron chi connectivity index (χ4n) is 4.82. The van der Waals surface area contributed by atoms with Crippen molar-refractivity contribution in [1.29, 1.82) is 0 Å². The van der Waals surface area contributed by atoms with Crippen LogP contribution in [0.5, 0.6) is 0 Å². The molecule has 1 N–H and O–H groups in total. The molecule has 5 nitrogen and oxygen atoms in total. The van der Waals surface area contributed by atoms with Gasteiger partial charge in [0.2, 0.25) is 0 Å². The average molecular weight is 340 g/mol. The quantitative estimate of drug-likeness (QED) is 0.789. The minimum absolute atomic E-state index is 0.240. The number of piperidine rings is 1. The first kappa shape index (κ1) is 18.6. The predicted octanol–water partition coefficient (Wildman–Crippen LogP) is 1.26. The molecule has 0 bridgehead atoms. The first-order chi connectivity index (χ1) is 11.6. The molecule has 0 spiro atoms. The number of nitrogens with zero attached hydrogens (tertiary/aromatic N) is 3. The molecule has 4 unspecified atom stereocenters. The number of β-amino-alcohol motifs (C(OH)–C–C–N with tert-alkyl or cyclic N) is 1. The second-order valence-corrected chi connectivity index (χ2v) is 8.41. The van der Waals surface area contributed by atoms with Crippen LogP contribution in [0.2, 0.25) is 0 Å². The molecule has 0 aromatic carbocycles. The molecule has 0 aromatic rings. The Morgan fingerprint density at radius 1 is 0.875 bits per heavy atom.